The van der Waals surface area contributed by atoms with E-state index >= 15 is 0 Å². The molecule has 0 spiro atoms. The van der Waals surface area contributed by atoms with Gasteiger partial charge in [0, 0.05) is 39.3 Å². The number of likely N-dealkylation sites (tertiary alicyclic amines) is 2. The van der Waals surface area contributed by atoms with Gasteiger partial charge in [-0.25, -0.2) is 0 Å². The van der Waals surface area contributed by atoms with Crippen LogP contribution in [-0.4, -0.2) is 125 Å². The highest BCUT2D eigenvalue weighted by Crippen LogP contribution is 2.27. The van der Waals surface area contributed by atoms with E-state index in [-0.39, 0.29) is 0 Å². The van der Waals surface area contributed by atoms with Crippen LogP contribution in [0.4, 0.5) is 0 Å². The Morgan fingerprint density at radius 1 is 0.300 bits per heavy atom. The lowest BCUT2D eigenvalue weighted by atomic mass is 9.84. The summed E-state index contributed by atoms with van der Waals surface area (Å²) >= 11 is 0. The zero-order chi connectivity index (χ0) is 49.9. The molecule has 4 fully saturated rings. The van der Waals surface area contributed by atoms with Crippen molar-refractivity contribution in [2.24, 2.45) is 23.7 Å². The summed E-state index contributed by atoms with van der Waals surface area (Å²) in [5.74, 6) is 4.00. The number of hydrogen-bond acceptors (Lipinski definition) is 5. The van der Waals surface area contributed by atoms with Gasteiger partial charge in [-0.2, -0.15) is 0 Å². The van der Waals surface area contributed by atoms with E-state index < -0.39 is 0 Å². The Hall–Kier alpha value is -0.460. The second-order valence-corrected chi connectivity index (χ2v) is 14.5. The second kappa shape index (κ2) is 79.0. The molecular weight excluding hydrogens is 731 g/mol. The minimum Gasteiger partial charge on any atom is -0.306 e. The topological polar surface area (TPSA) is 16.2 Å². The third-order valence-electron chi connectivity index (χ3n) is 9.69. The number of piperazine rings is 1. The molecule has 0 bridgehead atoms. The van der Waals surface area contributed by atoms with E-state index in [1.54, 1.807) is 5.57 Å². The molecule has 0 N–H and O–H groups in total. The summed E-state index contributed by atoms with van der Waals surface area (Å²) in [6.07, 6.45) is 15.0. The highest BCUT2D eigenvalue weighted by Gasteiger charge is 2.13. The minimum absolute atomic E-state index is 0.978. The molecule has 1 saturated carbocycles. The fraction of sp³-hybridized carbons (Fsp3) is 0.964. The predicted octanol–water partition coefficient (Wildman–Crippen LogP) is 16.9. The summed E-state index contributed by atoms with van der Waals surface area (Å²) in [5, 5.41) is 0. The smallest absolute Gasteiger partial charge is 0.0162 e. The van der Waals surface area contributed by atoms with Crippen LogP contribution in [0.3, 0.4) is 0 Å². The Morgan fingerprint density at radius 2 is 0.500 bits per heavy atom. The lowest BCUT2D eigenvalue weighted by molar-refractivity contribution is 0.181. The molecule has 5 nitrogen and oxygen atoms in total. The van der Waals surface area contributed by atoms with Crippen LogP contribution in [0.25, 0.3) is 0 Å². The number of rotatable bonds is 0. The van der Waals surface area contributed by atoms with Crippen LogP contribution in [0.5, 0.6) is 0 Å². The van der Waals surface area contributed by atoms with E-state index in [4.69, 9.17) is 0 Å². The molecule has 0 atom stereocenters. The van der Waals surface area contributed by atoms with E-state index in [2.05, 4.69) is 100 Å². The standard InChI is InChI=1S/C8H16.2C7H15N.C7H13N.C6H14N2.10C2H6/c5*1-7-3-5-8(2)6-4-7;10*1-2/h7-8H,3-6H2,1-2H3;2*7H,3-6H2,1-2H3;3H,4-6H2,1-2H3;3-6H2,1-2H3;10*1-2H3. The van der Waals surface area contributed by atoms with Gasteiger partial charge in [0.05, 0.1) is 0 Å². The molecule has 378 valence electrons. The molecule has 5 heteroatoms. The summed E-state index contributed by atoms with van der Waals surface area (Å²) < 4.78 is 0. The van der Waals surface area contributed by atoms with E-state index in [0.29, 0.717) is 0 Å². The van der Waals surface area contributed by atoms with Gasteiger partial charge in [0.1, 0.15) is 0 Å². The highest BCUT2D eigenvalue weighted by atomic mass is 15.2. The zero-order valence-electron chi connectivity index (χ0n) is 49.1. The lowest BCUT2D eigenvalue weighted by Gasteiger charge is -2.28. The van der Waals surface area contributed by atoms with Crippen LogP contribution >= 0.6 is 0 Å². The Labute approximate surface area is 390 Å². The van der Waals surface area contributed by atoms with Gasteiger partial charge in [-0.3, -0.25) is 0 Å². The number of nitrogens with zero attached hydrogens (tertiary/aromatic N) is 5. The van der Waals surface area contributed by atoms with E-state index in [0.717, 1.165) is 30.2 Å². The largest absolute Gasteiger partial charge is 0.306 e. The van der Waals surface area contributed by atoms with Crippen LogP contribution in [0.2, 0.25) is 0 Å². The summed E-state index contributed by atoms with van der Waals surface area (Å²) in [5.41, 5.74) is 1.54. The Bertz CT molecular complexity index is 488. The number of likely N-dealkylation sites (N-methyl/N-ethyl adjacent to an activating group) is 3. The van der Waals surface area contributed by atoms with Gasteiger partial charge in [0.15, 0.2) is 0 Å². The van der Waals surface area contributed by atoms with Gasteiger partial charge in [-0.15, -0.1) is 0 Å². The van der Waals surface area contributed by atoms with Crippen molar-refractivity contribution < 1.29 is 0 Å². The molecule has 5 aliphatic rings. The second-order valence-electron chi connectivity index (χ2n) is 14.5. The van der Waals surface area contributed by atoms with Crippen molar-refractivity contribution >= 4 is 0 Å². The van der Waals surface area contributed by atoms with Crippen LogP contribution in [0.15, 0.2) is 11.6 Å². The van der Waals surface area contributed by atoms with Crippen LogP contribution in [0, 0.1) is 23.7 Å². The first-order valence-electron chi connectivity index (χ1n) is 27.0. The monoisotopic (exact) mass is 864 g/mol. The molecular formula is C55H133N5. The van der Waals surface area contributed by atoms with Gasteiger partial charge in [0.2, 0.25) is 0 Å². The molecule has 0 aromatic carbocycles. The fourth-order valence-electron chi connectivity index (χ4n) is 5.48. The van der Waals surface area contributed by atoms with Crippen molar-refractivity contribution in [3.63, 3.8) is 0 Å². The lowest BCUT2D eigenvalue weighted by Crippen LogP contribution is -2.42. The first kappa shape index (κ1) is 83.1. The maximum Gasteiger partial charge on any atom is 0.0162 e. The van der Waals surface area contributed by atoms with Gasteiger partial charge >= 0.3 is 0 Å². The quantitative estimate of drug-likeness (QED) is 0.225. The molecule has 0 radical (unpaired) electrons. The minimum atomic E-state index is 0.978. The average Bonchev–Trinajstić information content (AvgIpc) is 3.33. The molecule has 0 amide bonds. The Kier molecular flexibility index (Phi) is 109. The normalized spacial score (nSPS) is 19.9. The van der Waals surface area contributed by atoms with Gasteiger partial charge in [-0.05, 0) is 124 Å². The zero-order valence-corrected chi connectivity index (χ0v) is 49.1. The van der Waals surface area contributed by atoms with Crippen molar-refractivity contribution in [2.75, 3.05) is 101 Å². The van der Waals surface area contributed by atoms with Gasteiger partial charge in [-0.1, -0.05) is 204 Å². The van der Waals surface area contributed by atoms with Crippen molar-refractivity contribution in [3.05, 3.63) is 11.6 Å². The summed E-state index contributed by atoms with van der Waals surface area (Å²) in [7, 11) is 10.9. The first-order valence-corrected chi connectivity index (χ1v) is 27.0. The maximum absolute atomic E-state index is 2.40. The predicted molar refractivity (Wildman–Crippen MR) is 293 cm³/mol. The molecule has 0 unspecified atom stereocenters. The molecule has 5 rings (SSSR count). The number of hydrogen-bond donors (Lipinski definition) is 0. The van der Waals surface area contributed by atoms with E-state index in [9.17, 15) is 0 Å². The fourth-order valence-corrected chi connectivity index (χ4v) is 5.48. The SMILES string of the molecule is CC.CC.CC.CC.CC.CC.CC.CC.CC.CC.CC1=CCN(C)CC1.CC1CCC(C)CC1.CC1CCN(C)CC1.CC1CCN(C)CC1.CN1CCN(C)CC1. The third-order valence-corrected chi connectivity index (χ3v) is 9.69. The molecule has 4 heterocycles. The molecule has 1 aliphatic carbocycles. The average molecular weight is 865 g/mol. The van der Waals surface area contributed by atoms with Crippen molar-refractivity contribution in [1.29, 1.82) is 0 Å². The van der Waals surface area contributed by atoms with Crippen molar-refractivity contribution in [1.82, 2.24) is 24.5 Å². The number of piperidine rings is 2. The van der Waals surface area contributed by atoms with Crippen molar-refractivity contribution in [2.45, 2.75) is 231 Å². The van der Waals surface area contributed by atoms with Gasteiger partial charge < -0.3 is 24.5 Å². The van der Waals surface area contributed by atoms with Crippen LogP contribution in [-0.2, 0) is 0 Å². The summed E-state index contributed by atoms with van der Waals surface area (Å²) in [4.78, 5) is 11.9. The van der Waals surface area contributed by atoms with Crippen LogP contribution < -0.4 is 0 Å². The molecule has 4 aliphatic heterocycles. The highest BCUT2D eigenvalue weighted by molar-refractivity contribution is 5.02. The van der Waals surface area contributed by atoms with Crippen molar-refractivity contribution in [3.8, 4) is 0 Å². The molecule has 0 aromatic rings. The third kappa shape index (κ3) is 74.9. The Balaban J connectivity index is -0.0000000589. The molecule has 60 heavy (non-hydrogen) atoms. The Morgan fingerprint density at radius 3 is 0.667 bits per heavy atom. The van der Waals surface area contributed by atoms with Crippen LogP contribution in [0.1, 0.15) is 231 Å². The van der Waals surface area contributed by atoms with Gasteiger partial charge in [0.25, 0.3) is 0 Å². The molecule has 0 aromatic heterocycles. The maximum atomic E-state index is 2.40. The summed E-state index contributed by atoms with van der Waals surface area (Å²) in [6, 6.07) is 0. The summed E-state index contributed by atoms with van der Waals surface area (Å²) in [6.45, 7) is 64.2. The van der Waals surface area contributed by atoms with E-state index in [1.165, 1.54) is 117 Å². The van der Waals surface area contributed by atoms with E-state index in [1.807, 2.05) is 138 Å². The first-order chi connectivity index (χ1) is 28.9. The molecule has 3 saturated heterocycles.